The number of carbonyl (C=O) groups is 1. The quantitative estimate of drug-likeness (QED) is 0.911. The number of halogens is 1. The molecule has 0 saturated carbocycles. The second-order valence-electron chi connectivity index (χ2n) is 5.79. The summed E-state index contributed by atoms with van der Waals surface area (Å²) in [7, 11) is 1.80. The van der Waals surface area contributed by atoms with Crippen molar-refractivity contribution >= 4 is 11.8 Å². The summed E-state index contributed by atoms with van der Waals surface area (Å²) in [6, 6.07) is 8.16. The summed E-state index contributed by atoms with van der Waals surface area (Å²) in [5, 5.41) is 11.8. The maximum absolute atomic E-state index is 13.0. The zero-order valence-electron chi connectivity index (χ0n) is 14.2. The zero-order chi connectivity index (χ0) is 17.9. The lowest BCUT2D eigenvalue weighted by atomic mass is 10.1. The van der Waals surface area contributed by atoms with Crippen LogP contribution in [-0.4, -0.2) is 24.4 Å². The predicted octanol–water partition coefficient (Wildman–Crippen LogP) is 3.54. The minimum atomic E-state index is -0.293. The highest BCUT2D eigenvalue weighted by atomic mass is 19.1. The highest BCUT2D eigenvalue weighted by Gasteiger charge is 2.19. The molecule has 6 heteroatoms. The molecule has 5 nitrogen and oxygen atoms in total. The SMILES string of the molecule is Cc1oc(NC(=O)CN(C)C(C)c2ccc(F)cc2)c(C#N)c1C. The van der Waals surface area contributed by atoms with Gasteiger partial charge in [0.15, 0.2) is 0 Å². The Hall–Kier alpha value is -2.65. The summed E-state index contributed by atoms with van der Waals surface area (Å²) in [4.78, 5) is 14.0. The van der Waals surface area contributed by atoms with E-state index >= 15 is 0 Å². The molecule has 126 valence electrons. The topological polar surface area (TPSA) is 69.3 Å². The second-order valence-corrected chi connectivity index (χ2v) is 5.79. The van der Waals surface area contributed by atoms with Crippen molar-refractivity contribution < 1.29 is 13.6 Å². The van der Waals surface area contributed by atoms with Gasteiger partial charge in [-0.15, -0.1) is 0 Å². The second kappa shape index (κ2) is 7.28. The highest BCUT2D eigenvalue weighted by molar-refractivity contribution is 5.92. The molecule has 0 aliphatic carbocycles. The first-order chi connectivity index (χ1) is 11.3. The number of aryl methyl sites for hydroxylation is 1. The van der Waals surface area contributed by atoms with Gasteiger partial charge in [-0.2, -0.15) is 5.26 Å². The van der Waals surface area contributed by atoms with Crippen LogP contribution in [0.3, 0.4) is 0 Å². The van der Waals surface area contributed by atoms with Crippen molar-refractivity contribution in [2.75, 3.05) is 18.9 Å². The minimum absolute atomic E-state index is 0.0631. The molecule has 24 heavy (non-hydrogen) atoms. The van der Waals surface area contributed by atoms with Gasteiger partial charge in [-0.25, -0.2) is 4.39 Å². The van der Waals surface area contributed by atoms with E-state index in [0.717, 1.165) is 11.1 Å². The van der Waals surface area contributed by atoms with Gasteiger partial charge in [0.05, 0.1) is 6.54 Å². The first-order valence-electron chi connectivity index (χ1n) is 7.59. The van der Waals surface area contributed by atoms with Crippen LogP contribution in [0, 0.1) is 31.0 Å². The van der Waals surface area contributed by atoms with E-state index < -0.39 is 0 Å². The largest absolute Gasteiger partial charge is 0.444 e. The molecule has 1 aromatic carbocycles. The monoisotopic (exact) mass is 329 g/mol. The molecule has 1 N–H and O–H groups in total. The van der Waals surface area contributed by atoms with Gasteiger partial charge >= 0.3 is 0 Å². The van der Waals surface area contributed by atoms with Crippen LogP contribution in [0.5, 0.6) is 0 Å². The number of benzene rings is 1. The first-order valence-corrected chi connectivity index (χ1v) is 7.59. The average molecular weight is 329 g/mol. The molecule has 1 aromatic heterocycles. The van der Waals surface area contributed by atoms with Gasteiger partial charge in [0.2, 0.25) is 11.8 Å². The summed E-state index contributed by atoms with van der Waals surface area (Å²) in [5.74, 6) is 0.214. The fraction of sp³-hybridized carbons (Fsp3) is 0.333. The molecule has 0 spiro atoms. The summed E-state index contributed by atoms with van der Waals surface area (Å²) in [6.45, 7) is 5.56. The molecule has 0 aliphatic rings. The Balaban J connectivity index is 2.03. The maximum atomic E-state index is 13.0. The summed E-state index contributed by atoms with van der Waals surface area (Å²) >= 11 is 0. The average Bonchev–Trinajstić information content (AvgIpc) is 2.80. The Morgan fingerprint density at radius 3 is 2.58 bits per heavy atom. The number of anilines is 1. The van der Waals surface area contributed by atoms with E-state index in [9.17, 15) is 9.18 Å². The molecular formula is C18H20FN3O2. The number of nitrogens with zero attached hydrogens (tertiary/aromatic N) is 2. The van der Waals surface area contributed by atoms with Crippen molar-refractivity contribution in [3.8, 4) is 6.07 Å². The minimum Gasteiger partial charge on any atom is -0.444 e. The lowest BCUT2D eigenvalue weighted by Gasteiger charge is -2.24. The van der Waals surface area contributed by atoms with E-state index in [-0.39, 0.29) is 30.2 Å². The summed E-state index contributed by atoms with van der Waals surface area (Å²) in [6.07, 6.45) is 0. The van der Waals surface area contributed by atoms with Gasteiger partial charge < -0.3 is 4.42 Å². The number of rotatable bonds is 5. The number of nitriles is 1. The fourth-order valence-corrected chi connectivity index (χ4v) is 2.38. The van der Waals surface area contributed by atoms with Gasteiger partial charge in [-0.1, -0.05) is 12.1 Å². The lowest BCUT2D eigenvalue weighted by molar-refractivity contribution is -0.117. The third kappa shape index (κ3) is 3.81. The number of carbonyl (C=O) groups excluding carboxylic acids is 1. The Bertz CT molecular complexity index is 775. The van der Waals surface area contributed by atoms with Crippen LogP contribution >= 0.6 is 0 Å². The third-order valence-corrected chi connectivity index (χ3v) is 4.16. The zero-order valence-corrected chi connectivity index (χ0v) is 14.2. The molecule has 2 rings (SSSR count). The Kier molecular flexibility index (Phi) is 5.37. The van der Waals surface area contributed by atoms with Crippen molar-refractivity contribution in [1.82, 2.24) is 4.90 Å². The van der Waals surface area contributed by atoms with Gasteiger partial charge in [-0.3, -0.25) is 15.0 Å². The van der Waals surface area contributed by atoms with E-state index in [0.29, 0.717) is 11.3 Å². The van der Waals surface area contributed by atoms with Crippen LogP contribution < -0.4 is 5.32 Å². The lowest BCUT2D eigenvalue weighted by Crippen LogP contribution is -2.32. The number of hydrogen-bond donors (Lipinski definition) is 1. The number of furan rings is 1. The molecule has 0 radical (unpaired) electrons. The highest BCUT2D eigenvalue weighted by Crippen LogP contribution is 2.25. The van der Waals surface area contributed by atoms with Crippen LogP contribution in [0.15, 0.2) is 28.7 Å². The van der Waals surface area contributed by atoms with E-state index in [1.54, 1.807) is 33.0 Å². The smallest absolute Gasteiger partial charge is 0.240 e. The number of nitrogens with one attached hydrogen (secondary N) is 1. The van der Waals surface area contributed by atoms with Crippen molar-refractivity contribution in [3.05, 3.63) is 52.5 Å². The molecule has 0 saturated heterocycles. The Labute approximate surface area is 140 Å². The third-order valence-electron chi connectivity index (χ3n) is 4.16. The van der Waals surface area contributed by atoms with Crippen LogP contribution in [0.25, 0.3) is 0 Å². The maximum Gasteiger partial charge on any atom is 0.240 e. The molecule has 0 bridgehead atoms. The van der Waals surface area contributed by atoms with E-state index in [2.05, 4.69) is 5.32 Å². The molecule has 1 heterocycles. The van der Waals surface area contributed by atoms with Crippen LogP contribution in [0.2, 0.25) is 0 Å². The number of amides is 1. The van der Waals surface area contributed by atoms with Gasteiger partial charge in [0, 0.05) is 11.6 Å². The molecular weight excluding hydrogens is 309 g/mol. The van der Waals surface area contributed by atoms with Crippen molar-refractivity contribution in [3.63, 3.8) is 0 Å². The van der Waals surface area contributed by atoms with E-state index in [4.69, 9.17) is 9.68 Å². The Morgan fingerprint density at radius 1 is 1.38 bits per heavy atom. The summed E-state index contributed by atoms with van der Waals surface area (Å²) < 4.78 is 18.4. The first kappa shape index (κ1) is 17.7. The molecule has 1 atom stereocenters. The van der Waals surface area contributed by atoms with Crippen molar-refractivity contribution in [1.29, 1.82) is 5.26 Å². The van der Waals surface area contributed by atoms with Crippen LogP contribution in [0.1, 0.15) is 35.4 Å². The molecule has 2 aromatic rings. The number of likely N-dealkylation sites (N-methyl/N-ethyl adjacent to an activating group) is 1. The predicted molar refractivity (Wildman–Crippen MR) is 89.0 cm³/mol. The van der Waals surface area contributed by atoms with E-state index in [1.165, 1.54) is 12.1 Å². The standard InChI is InChI=1S/C18H20FN3O2/c1-11-13(3)24-18(16(11)9-20)21-17(23)10-22(4)12(2)14-5-7-15(19)8-6-14/h5-8,12H,10H2,1-4H3,(H,21,23). The van der Waals surface area contributed by atoms with Gasteiger partial charge in [0.1, 0.15) is 23.2 Å². The van der Waals surface area contributed by atoms with Crippen molar-refractivity contribution in [2.45, 2.75) is 26.8 Å². The normalized spacial score (nSPS) is 12.0. The van der Waals surface area contributed by atoms with Gasteiger partial charge in [0.25, 0.3) is 0 Å². The Morgan fingerprint density at radius 2 is 2.00 bits per heavy atom. The fourth-order valence-electron chi connectivity index (χ4n) is 2.38. The number of hydrogen-bond acceptors (Lipinski definition) is 4. The molecule has 1 unspecified atom stereocenters. The van der Waals surface area contributed by atoms with Crippen LogP contribution in [-0.2, 0) is 4.79 Å². The molecule has 1 amide bonds. The van der Waals surface area contributed by atoms with Crippen LogP contribution in [0.4, 0.5) is 10.3 Å². The van der Waals surface area contributed by atoms with Gasteiger partial charge in [-0.05, 0) is 45.5 Å². The molecule has 0 fully saturated rings. The summed E-state index contributed by atoms with van der Waals surface area (Å²) in [5.41, 5.74) is 1.98. The van der Waals surface area contributed by atoms with E-state index in [1.807, 2.05) is 17.9 Å². The van der Waals surface area contributed by atoms with Crippen molar-refractivity contribution in [2.24, 2.45) is 0 Å². The molecule has 0 aliphatic heterocycles.